The van der Waals surface area contributed by atoms with Crippen molar-refractivity contribution in [2.45, 2.75) is 59.1 Å². The van der Waals surface area contributed by atoms with Crippen molar-refractivity contribution in [3.05, 3.63) is 34.9 Å². The largest absolute Gasteiger partial charge is 0.373 e. The first-order valence-corrected chi connectivity index (χ1v) is 7.81. The first-order valence-electron chi connectivity index (χ1n) is 7.81. The maximum absolute atomic E-state index is 6.14. The average molecular weight is 275 g/mol. The van der Waals surface area contributed by atoms with Crippen molar-refractivity contribution in [1.29, 1.82) is 0 Å². The van der Waals surface area contributed by atoms with Crippen molar-refractivity contribution < 1.29 is 4.74 Å². The lowest BCUT2D eigenvalue weighted by Crippen LogP contribution is -2.41. The van der Waals surface area contributed by atoms with Crippen LogP contribution in [0, 0.1) is 19.8 Å². The molecule has 2 heteroatoms. The van der Waals surface area contributed by atoms with E-state index < -0.39 is 0 Å². The quantitative estimate of drug-likeness (QED) is 0.894. The minimum absolute atomic E-state index is 0.170. The van der Waals surface area contributed by atoms with Crippen LogP contribution >= 0.6 is 0 Å². The normalized spacial score (nSPS) is 23.9. The third-order valence-corrected chi connectivity index (χ3v) is 4.29. The summed E-state index contributed by atoms with van der Waals surface area (Å²) in [5.74, 6) is 0.573. The van der Waals surface area contributed by atoms with Gasteiger partial charge in [0, 0.05) is 24.6 Å². The fourth-order valence-electron chi connectivity index (χ4n) is 2.92. The van der Waals surface area contributed by atoms with Gasteiger partial charge in [0.2, 0.25) is 0 Å². The van der Waals surface area contributed by atoms with Crippen molar-refractivity contribution in [3.63, 3.8) is 0 Å². The van der Waals surface area contributed by atoms with Crippen LogP contribution < -0.4 is 5.32 Å². The highest BCUT2D eigenvalue weighted by atomic mass is 16.5. The van der Waals surface area contributed by atoms with Gasteiger partial charge in [0.05, 0.1) is 6.10 Å². The van der Waals surface area contributed by atoms with E-state index in [2.05, 4.69) is 58.1 Å². The van der Waals surface area contributed by atoms with Gasteiger partial charge in [-0.05, 0) is 64.2 Å². The van der Waals surface area contributed by atoms with Crippen molar-refractivity contribution in [1.82, 2.24) is 5.32 Å². The number of hydrogen-bond acceptors (Lipinski definition) is 2. The summed E-state index contributed by atoms with van der Waals surface area (Å²) in [5, 5.41) is 3.65. The van der Waals surface area contributed by atoms with Crippen molar-refractivity contribution in [3.8, 4) is 0 Å². The molecule has 1 aliphatic rings. The van der Waals surface area contributed by atoms with Crippen molar-refractivity contribution in [2.24, 2.45) is 5.92 Å². The van der Waals surface area contributed by atoms with Gasteiger partial charge in [0.15, 0.2) is 0 Å². The van der Waals surface area contributed by atoms with E-state index in [1.807, 2.05) is 0 Å². The van der Waals surface area contributed by atoms with Crippen LogP contribution in [0.3, 0.4) is 0 Å². The number of benzene rings is 1. The average Bonchev–Trinajstić information content (AvgIpc) is 2.39. The highest BCUT2D eigenvalue weighted by Gasteiger charge is 2.29. The van der Waals surface area contributed by atoms with Gasteiger partial charge in [-0.15, -0.1) is 0 Å². The maximum atomic E-state index is 6.14. The number of aryl methyl sites for hydroxylation is 1. The second-order valence-corrected chi connectivity index (χ2v) is 7.11. The molecular weight excluding hydrogens is 246 g/mol. The minimum atomic E-state index is 0.170. The van der Waals surface area contributed by atoms with Gasteiger partial charge in [-0.2, -0.15) is 0 Å². The van der Waals surface area contributed by atoms with E-state index in [4.69, 9.17) is 4.74 Å². The van der Waals surface area contributed by atoms with E-state index in [1.54, 1.807) is 0 Å². The lowest BCUT2D eigenvalue weighted by atomic mass is 9.86. The fraction of sp³-hybridized carbons (Fsp3) is 0.667. The second kappa shape index (κ2) is 6.28. The Morgan fingerprint density at radius 2 is 2.00 bits per heavy atom. The Labute approximate surface area is 123 Å². The lowest BCUT2D eigenvalue weighted by molar-refractivity contribution is -0.0296. The molecule has 20 heavy (non-hydrogen) atoms. The molecule has 0 aliphatic carbocycles. The van der Waals surface area contributed by atoms with Crippen LogP contribution in [0.4, 0.5) is 0 Å². The summed E-state index contributed by atoms with van der Waals surface area (Å²) >= 11 is 0. The zero-order valence-electron chi connectivity index (χ0n) is 13.6. The van der Waals surface area contributed by atoms with Gasteiger partial charge in [0.1, 0.15) is 0 Å². The molecule has 1 aliphatic heterocycles. The highest BCUT2D eigenvalue weighted by Crippen LogP contribution is 2.35. The monoisotopic (exact) mass is 275 g/mol. The smallest absolute Gasteiger partial charge is 0.0867 e. The van der Waals surface area contributed by atoms with E-state index in [-0.39, 0.29) is 11.6 Å². The van der Waals surface area contributed by atoms with E-state index in [1.165, 1.54) is 29.5 Å². The summed E-state index contributed by atoms with van der Waals surface area (Å²) in [7, 11) is 0. The van der Waals surface area contributed by atoms with Crippen molar-refractivity contribution >= 4 is 0 Å². The molecule has 112 valence electrons. The molecule has 2 atom stereocenters. The summed E-state index contributed by atoms with van der Waals surface area (Å²) in [5.41, 5.74) is 4.30. The van der Waals surface area contributed by atoms with Gasteiger partial charge in [0.25, 0.3) is 0 Å². The fourth-order valence-corrected chi connectivity index (χ4v) is 2.92. The second-order valence-electron chi connectivity index (χ2n) is 7.11. The van der Waals surface area contributed by atoms with Crippen LogP contribution in [-0.4, -0.2) is 18.7 Å². The molecule has 1 N–H and O–H groups in total. The predicted octanol–water partition coefficient (Wildman–Crippen LogP) is 4.16. The summed E-state index contributed by atoms with van der Waals surface area (Å²) in [6.07, 6.45) is 2.68. The van der Waals surface area contributed by atoms with Crippen LogP contribution in [0.15, 0.2) is 18.2 Å². The Bertz CT molecular complexity index is 447. The molecule has 0 radical (unpaired) electrons. The molecule has 2 nitrogen and oxygen atoms in total. The van der Waals surface area contributed by atoms with E-state index in [9.17, 15) is 0 Å². The number of rotatable bonds is 3. The lowest BCUT2D eigenvalue weighted by Gasteiger charge is -2.35. The zero-order valence-corrected chi connectivity index (χ0v) is 13.6. The first kappa shape index (κ1) is 15.5. The van der Waals surface area contributed by atoms with Crippen LogP contribution in [0.25, 0.3) is 0 Å². The number of ether oxygens (including phenoxy) is 1. The molecule has 0 saturated carbocycles. The molecule has 1 saturated heterocycles. The Morgan fingerprint density at radius 1 is 1.25 bits per heavy atom. The molecule has 1 heterocycles. The third-order valence-electron chi connectivity index (χ3n) is 4.29. The van der Waals surface area contributed by atoms with Crippen molar-refractivity contribution in [2.75, 3.05) is 13.2 Å². The molecule has 0 amide bonds. The maximum Gasteiger partial charge on any atom is 0.0867 e. The molecule has 2 rings (SSSR count). The minimum Gasteiger partial charge on any atom is -0.373 e. The predicted molar refractivity (Wildman–Crippen MR) is 85.1 cm³/mol. The van der Waals surface area contributed by atoms with Gasteiger partial charge < -0.3 is 10.1 Å². The van der Waals surface area contributed by atoms with Crippen LogP contribution in [0.5, 0.6) is 0 Å². The standard InChI is InChI=1S/C18H29NO/c1-13-8-6-10-16(14(13)2)17-15(9-7-11-20-17)12-19-18(3,4)5/h6,8,10,15,17,19H,7,9,11-12H2,1-5H3. The van der Waals surface area contributed by atoms with Gasteiger partial charge in [-0.25, -0.2) is 0 Å². The third kappa shape index (κ3) is 3.83. The summed E-state index contributed by atoms with van der Waals surface area (Å²) < 4.78 is 6.14. The summed E-state index contributed by atoms with van der Waals surface area (Å²) in [6.45, 7) is 13.0. The van der Waals surface area contributed by atoms with Gasteiger partial charge in [-0.3, -0.25) is 0 Å². The Kier molecular flexibility index (Phi) is 4.87. The molecule has 1 fully saturated rings. The Balaban J connectivity index is 2.16. The highest BCUT2D eigenvalue weighted by molar-refractivity contribution is 5.35. The van der Waals surface area contributed by atoms with Crippen LogP contribution in [-0.2, 0) is 4.74 Å². The van der Waals surface area contributed by atoms with Gasteiger partial charge >= 0.3 is 0 Å². The van der Waals surface area contributed by atoms with Crippen LogP contribution in [0.1, 0.15) is 56.4 Å². The molecule has 0 aromatic heterocycles. The SMILES string of the molecule is Cc1cccc(C2OCCCC2CNC(C)(C)C)c1C. The van der Waals surface area contributed by atoms with E-state index in [0.29, 0.717) is 5.92 Å². The molecule has 1 aromatic rings. The zero-order chi connectivity index (χ0) is 14.8. The molecule has 0 spiro atoms. The molecule has 1 aromatic carbocycles. The number of hydrogen-bond donors (Lipinski definition) is 1. The Hall–Kier alpha value is -0.860. The molecule has 0 bridgehead atoms. The van der Waals surface area contributed by atoms with Gasteiger partial charge in [-0.1, -0.05) is 18.2 Å². The Morgan fingerprint density at radius 3 is 2.70 bits per heavy atom. The molecule has 2 unspecified atom stereocenters. The number of nitrogens with one attached hydrogen (secondary N) is 1. The van der Waals surface area contributed by atoms with Crippen LogP contribution in [0.2, 0.25) is 0 Å². The first-order chi connectivity index (χ1) is 9.38. The summed E-state index contributed by atoms with van der Waals surface area (Å²) in [6, 6.07) is 6.58. The van der Waals surface area contributed by atoms with E-state index in [0.717, 1.165) is 13.2 Å². The van der Waals surface area contributed by atoms with E-state index >= 15 is 0 Å². The molecular formula is C18H29NO. The topological polar surface area (TPSA) is 21.3 Å². The summed E-state index contributed by atoms with van der Waals surface area (Å²) in [4.78, 5) is 0.